The number of aryl methyl sites for hydroxylation is 1. The van der Waals surface area contributed by atoms with Crippen molar-refractivity contribution in [3.63, 3.8) is 0 Å². The van der Waals surface area contributed by atoms with E-state index >= 15 is 0 Å². The van der Waals surface area contributed by atoms with Crippen LogP contribution in [0.2, 0.25) is 0 Å². The van der Waals surface area contributed by atoms with Crippen molar-refractivity contribution in [2.45, 2.75) is 57.5 Å². The summed E-state index contributed by atoms with van der Waals surface area (Å²) in [5.74, 6) is 2.43. The maximum atomic E-state index is 13.2. The molecule has 0 unspecified atom stereocenters. The SMILES string of the molecule is C[C@H]1CCc2nnc(-c3cccc(N4Cc5cnc(C6(C)CC6)cc5C4=O)n3)n21. The van der Waals surface area contributed by atoms with Gasteiger partial charge in [-0.15, -0.1) is 10.2 Å². The Hall–Kier alpha value is -3.09. The van der Waals surface area contributed by atoms with Gasteiger partial charge in [-0.25, -0.2) is 4.98 Å². The van der Waals surface area contributed by atoms with Gasteiger partial charge in [0.25, 0.3) is 5.91 Å². The maximum Gasteiger partial charge on any atom is 0.260 e. The van der Waals surface area contributed by atoms with Crippen molar-refractivity contribution in [3.8, 4) is 11.5 Å². The first-order valence-corrected chi connectivity index (χ1v) is 10.3. The standard InChI is InChI=1S/C22H22N6O/c1-13-6-7-19-25-26-20(28(13)19)16-4-3-5-18(24-16)27-12-14-11-23-17(22(2)8-9-22)10-15(14)21(27)29/h3-5,10-11,13H,6-9,12H2,1-2H3/t13-/m0/s1. The number of pyridine rings is 2. The van der Waals surface area contributed by atoms with Crippen molar-refractivity contribution >= 4 is 11.7 Å². The second-order valence-corrected chi connectivity index (χ2v) is 8.76. The molecule has 0 saturated heterocycles. The number of fused-ring (bicyclic) bond motifs is 2. The summed E-state index contributed by atoms with van der Waals surface area (Å²) in [4.78, 5) is 24.3. The lowest BCUT2D eigenvalue weighted by Gasteiger charge is -2.16. The van der Waals surface area contributed by atoms with Crippen LogP contribution < -0.4 is 4.90 Å². The summed E-state index contributed by atoms with van der Waals surface area (Å²) in [6.45, 7) is 4.89. The topological polar surface area (TPSA) is 76.8 Å². The predicted octanol–water partition coefficient (Wildman–Crippen LogP) is 3.45. The largest absolute Gasteiger partial charge is 0.307 e. The third kappa shape index (κ3) is 2.46. The highest BCUT2D eigenvalue weighted by atomic mass is 16.2. The van der Waals surface area contributed by atoms with Gasteiger partial charge in [-0.2, -0.15) is 0 Å². The van der Waals surface area contributed by atoms with Crippen LogP contribution in [0.15, 0.2) is 30.5 Å². The molecule has 7 heteroatoms. The number of amides is 1. The Labute approximate surface area is 168 Å². The van der Waals surface area contributed by atoms with Gasteiger partial charge in [-0.3, -0.25) is 14.7 Å². The first kappa shape index (κ1) is 16.8. The molecule has 0 bridgehead atoms. The molecule has 0 N–H and O–H groups in total. The third-order valence-corrected chi connectivity index (χ3v) is 6.64. The molecule has 5 heterocycles. The molecule has 3 aromatic rings. The van der Waals surface area contributed by atoms with E-state index < -0.39 is 0 Å². The molecule has 1 fully saturated rings. The summed E-state index contributed by atoms with van der Waals surface area (Å²) < 4.78 is 2.17. The molecule has 2 aliphatic heterocycles. The van der Waals surface area contributed by atoms with Gasteiger partial charge < -0.3 is 4.57 Å². The fourth-order valence-electron chi connectivity index (χ4n) is 4.45. The number of anilines is 1. The molecule has 0 radical (unpaired) electrons. The minimum atomic E-state index is -0.00242. The Balaban J connectivity index is 1.35. The van der Waals surface area contributed by atoms with Crippen molar-refractivity contribution in [3.05, 3.63) is 53.1 Å². The Bertz CT molecular complexity index is 1160. The highest BCUT2D eigenvalue weighted by molar-refractivity contribution is 6.09. The predicted molar refractivity (Wildman–Crippen MR) is 108 cm³/mol. The summed E-state index contributed by atoms with van der Waals surface area (Å²) in [5, 5.41) is 8.69. The fourth-order valence-corrected chi connectivity index (χ4v) is 4.45. The van der Waals surface area contributed by atoms with Crippen LogP contribution in [-0.2, 0) is 18.4 Å². The van der Waals surface area contributed by atoms with E-state index in [1.54, 1.807) is 4.90 Å². The summed E-state index contributed by atoms with van der Waals surface area (Å²) in [6, 6.07) is 8.11. The molecular formula is C22H22N6O. The van der Waals surface area contributed by atoms with Gasteiger partial charge in [0.1, 0.15) is 17.3 Å². The number of aromatic nitrogens is 5. The summed E-state index contributed by atoms with van der Waals surface area (Å²) in [6.07, 6.45) is 6.17. The molecule has 0 aromatic carbocycles. The number of hydrogen-bond acceptors (Lipinski definition) is 5. The quantitative estimate of drug-likeness (QED) is 0.689. The van der Waals surface area contributed by atoms with E-state index in [4.69, 9.17) is 4.98 Å². The molecule has 6 rings (SSSR count). The molecule has 1 amide bonds. The van der Waals surface area contributed by atoms with Gasteiger partial charge in [-0.1, -0.05) is 13.0 Å². The molecular weight excluding hydrogens is 364 g/mol. The maximum absolute atomic E-state index is 13.2. The summed E-state index contributed by atoms with van der Waals surface area (Å²) in [5.41, 5.74) is 3.65. The van der Waals surface area contributed by atoms with Crippen molar-refractivity contribution in [1.82, 2.24) is 24.7 Å². The Morgan fingerprint density at radius 2 is 2.07 bits per heavy atom. The van der Waals surface area contributed by atoms with Crippen molar-refractivity contribution in [2.24, 2.45) is 0 Å². The van der Waals surface area contributed by atoms with Gasteiger partial charge >= 0.3 is 0 Å². The number of nitrogens with zero attached hydrogens (tertiary/aromatic N) is 6. The van der Waals surface area contributed by atoms with Crippen LogP contribution in [0.3, 0.4) is 0 Å². The van der Waals surface area contributed by atoms with E-state index in [9.17, 15) is 4.79 Å². The van der Waals surface area contributed by atoms with Crippen LogP contribution in [0.1, 0.15) is 66.6 Å². The summed E-state index contributed by atoms with van der Waals surface area (Å²) >= 11 is 0. The molecule has 3 aliphatic rings. The number of hydrogen-bond donors (Lipinski definition) is 0. The van der Waals surface area contributed by atoms with Crippen LogP contribution in [0.5, 0.6) is 0 Å². The lowest BCUT2D eigenvalue weighted by Crippen LogP contribution is -2.24. The van der Waals surface area contributed by atoms with E-state index in [1.807, 2.05) is 30.5 Å². The van der Waals surface area contributed by atoms with Crippen LogP contribution in [0.25, 0.3) is 11.5 Å². The highest BCUT2D eigenvalue weighted by Gasteiger charge is 2.42. The Morgan fingerprint density at radius 1 is 1.21 bits per heavy atom. The molecule has 3 aromatic heterocycles. The first-order chi connectivity index (χ1) is 14.0. The average molecular weight is 386 g/mol. The monoisotopic (exact) mass is 386 g/mol. The fraction of sp³-hybridized carbons (Fsp3) is 0.409. The average Bonchev–Trinajstić information content (AvgIpc) is 3.07. The smallest absolute Gasteiger partial charge is 0.260 e. The Morgan fingerprint density at radius 3 is 2.90 bits per heavy atom. The van der Waals surface area contributed by atoms with Crippen molar-refractivity contribution in [2.75, 3.05) is 4.90 Å². The summed E-state index contributed by atoms with van der Waals surface area (Å²) in [7, 11) is 0. The minimum Gasteiger partial charge on any atom is -0.307 e. The number of carbonyl (C=O) groups is 1. The van der Waals surface area contributed by atoms with Gasteiger partial charge in [-0.05, 0) is 44.4 Å². The van der Waals surface area contributed by atoms with E-state index in [1.165, 1.54) is 0 Å². The van der Waals surface area contributed by atoms with Crippen molar-refractivity contribution < 1.29 is 4.79 Å². The Kier molecular flexibility index (Phi) is 3.32. The van der Waals surface area contributed by atoms with Crippen LogP contribution in [0.4, 0.5) is 5.82 Å². The molecule has 1 atom stereocenters. The molecule has 146 valence electrons. The van der Waals surface area contributed by atoms with E-state index in [-0.39, 0.29) is 11.3 Å². The molecule has 1 aliphatic carbocycles. The van der Waals surface area contributed by atoms with Crippen LogP contribution >= 0.6 is 0 Å². The zero-order valence-electron chi connectivity index (χ0n) is 16.6. The molecule has 1 saturated carbocycles. The first-order valence-electron chi connectivity index (χ1n) is 10.3. The van der Waals surface area contributed by atoms with Gasteiger partial charge in [0, 0.05) is 40.9 Å². The molecule has 0 spiro atoms. The lowest BCUT2D eigenvalue weighted by molar-refractivity contribution is 0.0996. The highest BCUT2D eigenvalue weighted by Crippen LogP contribution is 2.47. The van der Waals surface area contributed by atoms with Crippen LogP contribution in [-0.4, -0.2) is 30.6 Å². The van der Waals surface area contributed by atoms with Gasteiger partial charge in [0.05, 0.1) is 6.54 Å². The third-order valence-electron chi connectivity index (χ3n) is 6.64. The zero-order valence-corrected chi connectivity index (χ0v) is 16.6. The normalized spacial score (nSPS) is 21.4. The van der Waals surface area contributed by atoms with E-state index in [0.29, 0.717) is 18.4 Å². The van der Waals surface area contributed by atoms with Crippen LogP contribution in [0, 0.1) is 0 Å². The van der Waals surface area contributed by atoms with E-state index in [2.05, 4.69) is 33.6 Å². The molecule has 29 heavy (non-hydrogen) atoms. The van der Waals surface area contributed by atoms with Crippen molar-refractivity contribution in [1.29, 1.82) is 0 Å². The zero-order chi connectivity index (χ0) is 19.8. The number of rotatable bonds is 3. The second-order valence-electron chi connectivity index (χ2n) is 8.76. The lowest BCUT2D eigenvalue weighted by atomic mass is 10.0. The van der Waals surface area contributed by atoms with Gasteiger partial charge in [0.15, 0.2) is 5.82 Å². The molecule has 7 nitrogen and oxygen atoms in total. The number of carbonyl (C=O) groups excluding carboxylic acids is 1. The van der Waals surface area contributed by atoms with E-state index in [0.717, 1.165) is 59.8 Å². The minimum absolute atomic E-state index is 0.00242. The second kappa shape index (κ2) is 5.72. The van der Waals surface area contributed by atoms with Gasteiger partial charge in [0.2, 0.25) is 0 Å².